The second-order valence-corrected chi connectivity index (χ2v) is 2.00. The molecule has 0 saturated heterocycles. The van der Waals surface area contributed by atoms with Crippen molar-refractivity contribution in [3.05, 3.63) is 6.54 Å². The topological polar surface area (TPSA) is 40.5 Å². The average molecular weight is 144 g/mol. The van der Waals surface area contributed by atoms with Gasteiger partial charge >= 0.3 is 0 Å². The van der Waals surface area contributed by atoms with E-state index in [4.69, 9.17) is 5.11 Å². The van der Waals surface area contributed by atoms with Gasteiger partial charge in [0, 0.05) is 0 Å². The van der Waals surface area contributed by atoms with Crippen molar-refractivity contribution >= 4 is 6.29 Å². The van der Waals surface area contributed by atoms with Gasteiger partial charge in [-0.3, -0.25) is 4.90 Å². The summed E-state index contributed by atoms with van der Waals surface area (Å²) in [6.45, 7) is 7.10. The predicted octanol–water partition coefficient (Wildman–Crippen LogP) is 0.0498. The van der Waals surface area contributed by atoms with E-state index in [1.807, 2.05) is 18.7 Å². The van der Waals surface area contributed by atoms with Gasteiger partial charge in [-0.25, -0.2) is 0 Å². The number of aliphatic hydroxyl groups is 1. The molecule has 0 fully saturated rings. The molecule has 3 nitrogen and oxygen atoms in total. The second-order valence-electron chi connectivity index (χ2n) is 2.00. The zero-order valence-electron chi connectivity index (χ0n) is 6.45. The van der Waals surface area contributed by atoms with Crippen LogP contribution in [0.1, 0.15) is 13.8 Å². The number of nitrogens with zero attached hydrogens (tertiary/aromatic N) is 1. The number of rotatable bonds is 5. The summed E-state index contributed by atoms with van der Waals surface area (Å²) in [5.41, 5.74) is 0. The van der Waals surface area contributed by atoms with Crippen LogP contribution in [0.15, 0.2) is 0 Å². The van der Waals surface area contributed by atoms with Crippen LogP contribution in [0.2, 0.25) is 0 Å². The molecule has 0 aliphatic rings. The molecule has 0 amide bonds. The molecule has 1 N–H and O–H groups in total. The largest absolute Gasteiger partial charge is 0.384 e. The minimum absolute atomic E-state index is 0.512. The molecule has 1 radical (unpaired) electrons. The Bertz CT molecular complexity index is 91.6. The van der Waals surface area contributed by atoms with Crippen molar-refractivity contribution in [2.45, 2.75) is 20.0 Å². The summed E-state index contributed by atoms with van der Waals surface area (Å²) in [4.78, 5) is 11.8. The Labute approximate surface area is 61.6 Å². The summed E-state index contributed by atoms with van der Waals surface area (Å²) in [7, 11) is 0. The van der Waals surface area contributed by atoms with Crippen LogP contribution >= 0.6 is 0 Å². The second kappa shape index (κ2) is 5.38. The van der Waals surface area contributed by atoms with Crippen molar-refractivity contribution in [2.24, 2.45) is 0 Å². The smallest absolute Gasteiger partial charge is 0.150 e. The quantitative estimate of drug-likeness (QED) is 0.554. The molecule has 1 atom stereocenters. The van der Waals surface area contributed by atoms with Crippen molar-refractivity contribution in [1.82, 2.24) is 4.90 Å². The van der Waals surface area contributed by atoms with Crippen molar-refractivity contribution in [3.8, 4) is 0 Å². The Balaban J connectivity index is 3.51. The molecule has 0 aliphatic carbocycles. The van der Waals surface area contributed by atoms with E-state index in [1.165, 1.54) is 6.54 Å². The first-order valence-corrected chi connectivity index (χ1v) is 3.47. The van der Waals surface area contributed by atoms with Crippen LogP contribution in [0.3, 0.4) is 0 Å². The van der Waals surface area contributed by atoms with E-state index in [0.717, 1.165) is 13.1 Å². The fourth-order valence-corrected chi connectivity index (χ4v) is 0.686. The van der Waals surface area contributed by atoms with E-state index in [-0.39, 0.29) is 0 Å². The Morgan fingerprint density at radius 3 is 2.30 bits per heavy atom. The summed E-state index contributed by atoms with van der Waals surface area (Å²) < 4.78 is 0. The highest BCUT2D eigenvalue weighted by Crippen LogP contribution is 1.94. The van der Waals surface area contributed by atoms with Gasteiger partial charge in [-0.2, -0.15) is 0 Å². The summed E-state index contributed by atoms with van der Waals surface area (Å²) in [5.74, 6) is 0. The van der Waals surface area contributed by atoms with Gasteiger partial charge in [-0.05, 0) is 13.1 Å². The molecule has 59 valence electrons. The van der Waals surface area contributed by atoms with Gasteiger partial charge in [0.2, 0.25) is 0 Å². The molecule has 1 unspecified atom stereocenters. The van der Waals surface area contributed by atoms with Gasteiger partial charge in [0.25, 0.3) is 0 Å². The molecule has 0 bridgehead atoms. The lowest BCUT2D eigenvalue weighted by Gasteiger charge is -2.17. The fraction of sp³-hybridized carbons (Fsp3) is 0.714. The summed E-state index contributed by atoms with van der Waals surface area (Å²) in [6.07, 6.45) is -0.432. The van der Waals surface area contributed by atoms with Crippen LogP contribution < -0.4 is 0 Å². The Hall–Kier alpha value is -0.410. The highest BCUT2D eigenvalue weighted by molar-refractivity contribution is 5.57. The normalized spacial score (nSPS) is 13.6. The minimum Gasteiger partial charge on any atom is -0.384 e. The molecule has 0 spiro atoms. The number of carbonyl (C=O) groups excluding carboxylic acids is 1. The monoisotopic (exact) mass is 144 g/mol. The molecular formula is C7H14NO2. The van der Waals surface area contributed by atoms with Crippen molar-refractivity contribution < 1.29 is 9.90 Å². The maximum absolute atomic E-state index is 9.96. The van der Waals surface area contributed by atoms with Gasteiger partial charge in [0.1, 0.15) is 12.4 Å². The Kier molecular flexibility index (Phi) is 5.16. The number of aldehydes is 1. The summed E-state index contributed by atoms with van der Waals surface area (Å²) in [5, 5.41) is 8.83. The molecule has 0 aliphatic heterocycles. The highest BCUT2D eigenvalue weighted by Gasteiger charge is 2.06. The fourth-order valence-electron chi connectivity index (χ4n) is 0.686. The van der Waals surface area contributed by atoms with Crippen LogP contribution in [-0.2, 0) is 4.79 Å². The number of hydrogen-bond donors (Lipinski definition) is 1. The van der Waals surface area contributed by atoms with E-state index in [9.17, 15) is 4.79 Å². The lowest BCUT2D eigenvalue weighted by Crippen LogP contribution is -2.27. The van der Waals surface area contributed by atoms with Gasteiger partial charge in [0.15, 0.2) is 0 Å². The Morgan fingerprint density at radius 1 is 1.50 bits per heavy atom. The predicted molar refractivity (Wildman–Crippen MR) is 39.3 cm³/mol. The third kappa shape index (κ3) is 3.58. The van der Waals surface area contributed by atoms with Crippen LogP contribution in [0.4, 0.5) is 0 Å². The molecule has 0 heterocycles. The van der Waals surface area contributed by atoms with Crippen molar-refractivity contribution in [1.29, 1.82) is 0 Å². The molecule has 0 rings (SSSR count). The zero-order valence-corrected chi connectivity index (χ0v) is 6.45. The highest BCUT2D eigenvalue weighted by atomic mass is 16.3. The zero-order chi connectivity index (χ0) is 7.98. The lowest BCUT2D eigenvalue weighted by molar-refractivity contribution is -0.114. The first-order chi connectivity index (χ1) is 4.74. The third-order valence-corrected chi connectivity index (χ3v) is 1.32. The van der Waals surface area contributed by atoms with E-state index in [0.29, 0.717) is 6.29 Å². The van der Waals surface area contributed by atoms with Crippen molar-refractivity contribution in [2.75, 3.05) is 13.1 Å². The minimum atomic E-state index is -0.945. The molecule has 10 heavy (non-hydrogen) atoms. The van der Waals surface area contributed by atoms with Gasteiger partial charge in [-0.1, -0.05) is 13.8 Å². The molecule has 0 saturated carbocycles. The first-order valence-electron chi connectivity index (χ1n) is 3.47. The Morgan fingerprint density at radius 2 is 2.00 bits per heavy atom. The molecule has 0 aromatic heterocycles. The standard InChI is InChI=1S/C7H14NO2/c1-3-8(4-2)5-7(10)6-9/h5-7,10H,3-4H2,1-2H3. The van der Waals surface area contributed by atoms with E-state index >= 15 is 0 Å². The first kappa shape index (κ1) is 9.59. The molecule has 3 heteroatoms. The number of likely N-dealkylation sites (N-methyl/N-ethyl adjacent to an activating group) is 1. The van der Waals surface area contributed by atoms with Gasteiger partial charge < -0.3 is 9.90 Å². The number of aliphatic hydroxyl groups excluding tert-OH is 1. The van der Waals surface area contributed by atoms with Crippen LogP contribution in [0.25, 0.3) is 0 Å². The van der Waals surface area contributed by atoms with E-state index in [2.05, 4.69) is 0 Å². The van der Waals surface area contributed by atoms with Crippen LogP contribution in [0.5, 0.6) is 0 Å². The number of carbonyl (C=O) groups is 1. The van der Waals surface area contributed by atoms with E-state index < -0.39 is 6.10 Å². The van der Waals surface area contributed by atoms with Crippen LogP contribution in [0, 0.1) is 6.54 Å². The third-order valence-electron chi connectivity index (χ3n) is 1.32. The van der Waals surface area contributed by atoms with Gasteiger partial charge in [0.05, 0.1) is 6.54 Å². The molecule has 0 aromatic carbocycles. The average Bonchev–Trinajstić information content (AvgIpc) is 1.99. The summed E-state index contributed by atoms with van der Waals surface area (Å²) >= 11 is 0. The maximum Gasteiger partial charge on any atom is 0.150 e. The summed E-state index contributed by atoms with van der Waals surface area (Å²) in [6, 6.07) is 0. The number of hydrogen-bond acceptors (Lipinski definition) is 3. The van der Waals surface area contributed by atoms with Gasteiger partial charge in [-0.15, -0.1) is 0 Å². The SMILES string of the molecule is CCN([CH]C(O)C=O)CC. The van der Waals surface area contributed by atoms with Crippen LogP contribution in [-0.4, -0.2) is 35.5 Å². The molecule has 0 aromatic rings. The van der Waals surface area contributed by atoms with Crippen molar-refractivity contribution in [3.63, 3.8) is 0 Å². The lowest BCUT2D eigenvalue weighted by atomic mass is 10.3. The maximum atomic E-state index is 9.96. The molecular weight excluding hydrogens is 130 g/mol. The van der Waals surface area contributed by atoms with E-state index in [1.54, 1.807) is 0 Å².